The van der Waals surface area contributed by atoms with E-state index in [0.29, 0.717) is 63.4 Å². The molecule has 5 atom stereocenters. The van der Waals surface area contributed by atoms with Gasteiger partial charge < -0.3 is 23.8 Å². The minimum atomic E-state index is -4.18. The summed E-state index contributed by atoms with van der Waals surface area (Å²) < 4.78 is 55.1. The Hall–Kier alpha value is -2.67. The average Bonchev–Trinajstić information content (AvgIpc) is 3.22. The summed E-state index contributed by atoms with van der Waals surface area (Å²) in [6, 6.07) is 11.1. The number of anilines is 1. The molecule has 6 rings (SSSR count). The Bertz CT molecular complexity index is 1640. The Kier molecular flexibility index (Phi) is 12.1. The molecule has 12 heteroatoms. The van der Waals surface area contributed by atoms with Gasteiger partial charge in [-0.3, -0.25) is 4.79 Å². The molecule has 0 unspecified atom stereocenters. The lowest BCUT2D eigenvalue weighted by Crippen LogP contribution is -2.50. The molecule has 0 radical (unpaired) electrons. The number of halogens is 1. The second-order valence-corrected chi connectivity index (χ2v) is 16.4. The highest BCUT2D eigenvalue weighted by atomic mass is 35.5. The number of methoxy groups -OCH3 is 2. The van der Waals surface area contributed by atoms with Gasteiger partial charge in [-0.05, 0) is 112 Å². The summed E-state index contributed by atoms with van der Waals surface area (Å²) in [6.07, 6.45) is 10.9. The van der Waals surface area contributed by atoms with E-state index >= 15 is 0 Å². The number of benzene rings is 2. The fourth-order valence-electron chi connectivity index (χ4n) is 8.24. The minimum absolute atomic E-state index is 0.107. The van der Waals surface area contributed by atoms with Crippen molar-refractivity contribution in [2.75, 3.05) is 65.2 Å². The van der Waals surface area contributed by atoms with Crippen molar-refractivity contribution in [2.45, 2.75) is 75.9 Å². The normalized spacial score (nSPS) is 28.8. The van der Waals surface area contributed by atoms with Gasteiger partial charge in [0.25, 0.3) is 5.91 Å². The predicted molar refractivity (Wildman–Crippen MR) is 195 cm³/mol. The number of nitrogens with zero attached hydrogens (tertiary/aromatic N) is 2. The second kappa shape index (κ2) is 16.3. The topological polar surface area (TPSA) is 107 Å². The number of amides is 1. The SMILES string of the molecule is COCCCO[C@H]1/C=C\C[C@H](C)N(CCCOC)S(=O)(=O)NC(=O)c2ccc3c(c2)N(C[C@@H]2CC[C@H]21)C[C@@]1(CCCc2cc(Cl)ccc21)CO3. The molecule has 2 aliphatic carbocycles. The van der Waals surface area contributed by atoms with Gasteiger partial charge in [0.05, 0.1) is 18.4 Å². The zero-order chi connectivity index (χ0) is 35.3. The van der Waals surface area contributed by atoms with E-state index < -0.39 is 22.2 Å². The lowest BCUT2D eigenvalue weighted by atomic mass is 9.68. The van der Waals surface area contributed by atoms with Gasteiger partial charge in [-0.2, -0.15) is 12.7 Å². The molecule has 1 fully saturated rings. The van der Waals surface area contributed by atoms with E-state index in [1.165, 1.54) is 15.4 Å². The van der Waals surface area contributed by atoms with Crippen LogP contribution >= 0.6 is 11.6 Å². The van der Waals surface area contributed by atoms with Gasteiger partial charge in [0.2, 0.25) is 0 Å². The molecule has 2 aromatic rings. The van der Waals surface area contributed by atoms with Crippen LogP contribution in [-0.4, -0.2) is 91.1 Å². The summed E-state index contributed by atoms with van der Waals surface area (Å²) >= 11 is 6.46. The zero-order valence-electron chi connectivity index (χ0n) is 29.6. The summed E-state index contributed by atoms with van der Waals surface area (Å²) in [5, 5.41) is 0.739. The lowest BCUT2D eigenvalue weighted by molar-refractivity contribution is -0.0195. The van der Waals surface area contributed by atoms with Crippen LogP contribution in [0.3, 0.4) is 0 Å². The van der Waals surface area contributed by atoms with Crippen molar-refractivity contribution in [1.82, 2.24) is 9.03 Å². The zero-order valence-corrected chi connectivity index (χ0v) is 31.1. The first-order chi connectivity index (χ1) is 24.1. The third-order valence-corrected chi connectivity index (χ3v) is 12.8. The molecule has 2 heterocycles. The summed E-state index contributed by atoms with van der Waals surface area (Å²) in [6.45, 7) is 5.68. The van der Waals surface area contributed by atoms with E-state index in [4.69, 9.17) is 30.5 Å². The van der Waals surface area contributed by atoms with Crippen LogP contribution in [-0.2, 0) is 36.3 Å². The molecule has 2 aromatic carbocycles. The van der Waals surface area contributed by atoms with Gasteiger partial charge in [-0.25, -0.2) is 4.72 Å². The van der Waals surface area contributed by atoms with Crippen LogP contribution in [0, 0.1) is 11.8 Å². The summed E-state index contributed by atoms with van der Waals surface area (Å²) in [5.41, 5.74) is 3.35. The highest BCUT2D eigenvalue weighted by Crippen LogP contribution is 2.47. The number of nitrogens with one attached hydrogen (secondary N) is 1. The number of hydrogen-bond donors (Lipinski definition) is 1. The maximum Gasteiger partial charge on any atom is 0.304 e. The van der Waals surface area contributed by atoms with E-state index in [2.05, 4.69) is 27.8 Å². The Morgan fingerprint density at radius 3 is 2.66 bits per heavy atom. The number of fused-ring (bicyclic) bond motifs is 4. The van der Waals surface area contributed by atoms with Gasteiger partial charge in [0, 0.05) is 75.7 Å². The van der Waals surface area contributed by atoms with Crippen molar-refractivity contribution in [1.29, 1.82) is 0 Å². The lowest BCUT2D eigenvalue weighted by Gasteiger charge is -2.46. The highest BCUT2D eigenvalue weighted by Gasteiger charge is 2.44. The Balaban J connectivity index is 1.39. The molecular weight excluding hydrogens is 678 g/mol. The average molecular weight is 730 g/mol. The van der Waals surface area contributed by atoms with Crippen LogP contribution in [0.5, 0.6) is 5.75 Å². The van der Waals surface area contributed by atoms with Crippen molar-refractivity contribution in [3.8, 4) is 5.75 Å². The molecule has 2 aliphatic heterocycles. The summed E-state index contributed by atoms with van der Waals surface area (Å²) in [4.78, 5) is 16.1. The van der Waals surface area contributed by atoms with Gasteiger partial charge in [0.1, 0.15) is 5.75 Å². The number of carbonyl (C=O) groups excluding carboxylic acids is 1. The Morgan fingerprint density at radius 1 is 1.06 bits per heavy atom. The fraction of sp³-hybridized carbons (Fsp3) is 0.605. The fourth-order valence-corrected chi connectivity index (χ4v) is 9.83. The van der Waals surface area contributed by atoms with E-state index in [9.17, 15) is 13.2 Å². The van der Waals surface area contributed by atoms with Crippen LogP contribution in [0.2, 0.25) is 5.02 Å². The van der Waals surface area contributed by atoms with Gasteiger partial charge in [-0.1, -0.05) is 29.8 Å². The first-order valence-corrected chi connectivity index (χ1v) is 19.9. The molecule has 1 amide bonds. The predicted octanol–water partition coefficient (Wildman–Crippen LogP) is 5.92. The molecule has 0 aromatic heterocycles. The quantitative estimate of drug-likeness (QED) is 0.251. The second-order valence-electron chi connectivity index (χ2n) is 14.4. The molecule has 1 saturated carbocycles. The number of ether oxygens (including phenoxy) is 4. The number of aryl methyl sites for hydroxylation is 1. The molecule has 4 aliphatic rings. The molecule has 2 bridgehead atoms. The molecule has 10 nitrogen and oxygen atoms in total. The van der Waals surface area contributed by atoms with Crippen molar-refractivity contribution < 1.29 is 32.2 Å². The minimum Gasteiger partial charge on any atom is -0.490 e. The smallest absolute Gasteiger partial charge is 0.304 e. The van der Waals surface area contributed by atoms with Gasteiger partial charge in [-0.15, -0.1) is 0 Å². The van der Waals surface area contributed by atoms with Gasteiger partial charge in [0.15, 0.2) is 0 Å². The summed E-state index contributed by atoms with van der Waals surface area (Å²) in [5.74, 6) is 0.687. The van der Waals surface area contributed by atoms with E-state index in [0.717, 1.165) is 55.8 Å². The van der Waals surface area contributed by atoms with E-state index in [-0.39, 0.29) is 23.6 Å². The maximum absolute atomic E-state index is 13.8. The Morgan fingerprint density at radius 2 is 1.88 bits per heavy atom. The third kappa shape index (κ3) is 8.18. The van der Waals surface area contributed by atoms with Crippen molar-refractivity contribution in [2.24, 2.45) is 11.8 Å². The van der Waals surface area contributed by atoms with Crippen LogP contribution in [0.15, 0.2) is 48.6 Å². The van der Waals surface area contributed by atoms with Crippen LogP contribution < -0.4 is 14.4 Å². The molecule has 1 N–H and O–H groups in total. The number of rotatable bonds is 9. The van der Waals surface area contributed by atoms with Crippen molar-refractivity contribution in [3.63, 3.8) is 0 Å². The molecular formula is C38H52ClN3O7S. The highest BCUT2D eigenvalue weighted by molar-refractivity contribution is 7.87. The van der Waals surface area contributed by atoms with Crippen LogP contribution in [0.1, 0.15) is 73.4 Å². The molecule has 1 spiro atoms. The summed E-state index contributed by atoms with van der Waals surface area (Å²) in [7, 11) is -0.889. The Labute approximate surface area is 302 Å². The maximum atomic E-state index is 13.8. The van der Waals surface area contributed by atoms with Crippen molar-refractivity contribution >= 4 is 33.4 Å². The standard InChI is InChI=1S/C38H52ClN3O7S/c1-27-8-4-10-35(48-21-7-20-47-3)32-14-11-30(32)24-41-25-38(17-5-9-28-22-31(39)13-15-33(28)38)26-49-36-16-12-29(23-34(36)41)37(43)40-50(44,45)42(27)18-6-19-46-2/h4,10,12-13,15-16,22-23,27,30,32,35H,5-9,11,14,17-21,24-26H2,1-3H3,(H,40,43)/b10-4-/t27-,30-,32+,35-,38-/m0/s1. The third-order valence-electron chi connectivity index (χ3n) is 11.0. The van der Waals surface area contributed by atoms with Crippen molar-refractivity contribution in [3.05, 3.63) is 70.3 Å². The molecule has 0 saturated heterocycles. The van der Waals surface area contributed by atoms with Gasteiger partial charge >= 0.3 is 10.2 Å². The number of carbonyl (C=O) groups is 1. The molecule has 274 valence electrons. The van der Waals surface area contributed by atoms with Crippen LogP contribution in [0.25, 0.3) is 0 Å². The van der Waals surface area contributed by atoms with E-state index in [1.54, 1.807) is 20.3 Å². The van der Waals surface area contributed by atoms with E-state index in [1.807, 2.05) is 31.2 Å². The largest absolute Gasteiger partial charge is 0.490 e. The first-order valence-electron chi connectivity index (χ1n) is 18.0. The van der Waals surface area contributed by atoms with Crippen LogP contribution in [0.4, 0.5) is 5.69 Å². The first kappa shape index (κ1) is 37.1. The monoisotopic (exact) mass is 729 g/mol. The molecule has 50 heavy (non-hydrogen) atoms. The number of hydrogen-bond acceptors (Lipinski definition) is 8.